The Morgan fingerprint density at radius 3 is 2.90 bits per heavy atom. The Kier molecular flexibility index (Phi) is 3.73. The van der Waals surface area contributed by atoms with Gasteiger partial charge in [0, 0.05) is 31.1 Å². The van der Waals surface area contributed by atoms with Crippen molar-refractivity contribution >= 4 is 27.4 Å². The zero-order valence-electron chi connectivity index (χ0n) is 11.5. The van der Waals surface area contributed by atoms with E-state index in [4.69, 9.17) is 10.5 Å². The summed E-state index contributed by atoms with van der Waals surface area (Å²) in [7, 11) is 0. The molecule has 0 radical (unpaired) electrons. The first kappa shape index (κ1) is 13.5. The lowest BCUT2D eigenvalue weighted by molar-refractivity contribution is 0.0364. The fraction of sp³-hybridized carbons (Fsp3) is 0.538. The van der Waals surface area contributed by atoms with Crippen molar-refractivity contribution in [3.63, 3.8) is 0 Å². The van der Waals surface area contributed by atoms with Crippen LogP contribution in [0.2, 0.25) is 0 Å². The Hall–Kier alpha value is -1.44. The van der Waals surface area contributed by atoms with Crippen molar-refractivity contribution in [2.24, 2.45) is 0 Å². The highest BCUT2D eigenvalue weighted by molar-refractivity contribution is 7.18. The topological polar surface area (TPSA) is 73.4 Å². The number of nitrogen functional groups attached to an aromatic ring is 1. The monoisotopic (exact) mass is 294 g/mol. The molecule has 0 atom stereocenters. The van der Waals surface area contributed by atoms with Gasteiger partial charge in [-0.05, 0) is 13.0 Å². The van der Waals surface area contributed by atoms with E-state index in [1.807, 2.05) is 13.0 Å². The summed E-state index contributed by atoms with van der Waals surface area (Å²) >= 11 is 1.59. The molecule has 1 aliphatic rings. The summed E-state index contributed by atoms with van der Waals surface area (Å²) < 4.78 is 7.06. The number of nitrogens with two attached hydrogens (primary N) is 1. The summed E-state index contributed by atoms with van der Waals surface area (Å²) in [4.78, 5) is 20.4. The molecule has 0 spiro atoms. The van der Waals surface area contributed by atoms with Crippen LogP contribution in [-0.2, 0) is 11.3 Å². The molecule has 3 heterocycles. The van der Waals surface area contributed by atoms with E-state index < -0.39 is 0 Å². The molecule has 0 aliphatic carbocycles. The molecule has 0 aromatic carbocycles. The molecule has 20 heavy (non-hydrogen) atoms. The van der Waals surface area contributed by atoms with Crippen molar-refractivity contribution in [1.29, 1.82) is 0 Å². The molecule has 1 fully saturated rings. The molecule has 108 valence electrons. The SMILES string of the molecule is Cc1cc2c(N)nc(=O)n(CCN3CCOCC3)c2s1. The minimum Gasteiger partial charge on any atom is -0.383 e. The summed E-state index contributed by atoms with van der Waals surface area (Å²) in [5.41, 5.74) is 5.57. The molecule has 2 aromatic heterocycles. The molecule has 1 aliphatic heterocycles. The number of aryl methyl sites for hydroxylation is 1. The predicted octanol–water partition coefficient (Wildman–Crippen LogP) is 0.681. The standard InChI is InChI=1S/C13H18N4O2S/c1-9-8-10-11(14)15-13(18)17(12(10)20-9)3-2-16-4-6-19-7-5-16/h8H,2-7H2,1H3,(H2,14,15,18). The van der Waals surface area contributed by atoms with Gasteiger partial charge in [0.25, 0.3) is 0 Å². The molecular weight excluding hydrogens is 276 g/mol. The number of ether oxygens (including phenoxy) is 1. The van der Waals surface area contributed by atoms with Crippen LogP contribution in [0.25, 0.3) is 10.2 Å². The van der Waals surface area contributed by atoms with Gasteiger partial charge in [-0.1, -0.05) is 0 Å². The number of fused-ring (bicyclic) bond motifs is 1. The van der Waals surface area contributed by atoms with Crippen molar-refractivity contribution < 1.29 is 4.74 Å². The van der Waals surface area contributed by atoms with Gasteiger partial charge < -0.3 is 10.5 Å². The first-order valence-electron chi connectivity index (χ1n) is 6.72. The lowest BCUT2D eigenvalue weighted by atomic mass is 10.3. The first-order chi connectivity index (χ1) is 9.65. The summed E-state index contributed by atoms with van der Waals surface area (Å²) in [5.74, 6) is 0.331. The fourth-order valence-electron chi connectivity index (χ4n) is 2.46. The number of rotatable bonds is 3. The summed E-state index contributed by atoms with van der Waals surface area (Å²) in [6.07, 6.45) is 0. The van der Waals surface area contributed by atoms with Gasteiger partial charge in [0.15, 0.2) is 0 Å². The number of hydrogen-bond acceptors (Lipinski definition) is 6. The summed E-state index contributed by atoms with van der Waals surface area (Å²) in [6, 6.07) is 1.99. The number of thiophene rings is 1. The molecule has 3 rings (SSSR count). The number of anilines is 1. The van der Waals surface area contributed by atoms with Crippen LogP contribution in [-0.4, -0.2) is 47.3 Å². The average molecular weight is 294 g/mol. The average Bonchev–Trinajstić information content (AvgIpc) is 2.82. The van der Waals surface area contributed by atoms with E-state index in [-0.39, 0.29) is 5.69 Å². The Morgan fingerprint density at radius 1 is 1.40 bits per heavy atom. The quantitative estimate of drug-likeness (QED) is 0.901. The van der Waals surface area contributed by atoms with Gasteiger partial charge in [-0.15, -0.1) is 11.3 Å². The van der Waals surface area contributed by atoms with Crippen molar-refractivity contribution in [2.45, 2.75) is 13.5 Å². The predicted molar refractivity (Wildman–Crippen MR) is 80.3 cm³/mol. The lowest BCUT2D eigenvalue weighted by Crippen LogP contribution is -2.39. The second kappa shape index (κ2) is 5.51. The molecular formula is C13H18N4O2S. The third kappa shape index (κ3) is 2.56. The fourth-order valence-corrected chi connectivity index (χ4v) is 3.49. The molecule has 0 unspecified atom stereocenters. The molecule has 6 nitrogen and oxygen atoms in total. The van der Waals surface area contributed by atoms with Crippen LogP contribution in [0.5, 0.6) is 0 Å². The number of morpholine rings is 1. The van der Waals surface area contributed by atoms with Crippen LogP contribution in [0.15, 0.2) is 10.9 Å². The molecule has 2 aromatic rings. The van der Waals surface area contributed by atoms with E-state index in [1.54, 1.807) is 15.9 Å². The van der Waals surface area contributed by atoms with Crippen LogP contribution >= 0.6 is 11.3 Å². The maximum absolute atomic E-state index is 12.1. The van der Waals surface area contributed by atoms with E-state index in [0.717, 1.165) is 47.9 Å². The van der Waals surface area contributed by atoms with E-state index >= 15 is 0 Å². The molecule has 1 saturated heterocycles. The van der Waals surface area contributed by atoms with E-state index in [0.29, 0.717) is 12.4 Å². The number of nitrogens with zero attached hydrogens (tertiary/aromatic N) is 3. The van der Waals surface area contributed by atoms with Crippen molar-refractivity contribution in [2.75, 3.05) is 38.6 Å². The zero-order valence-corrected chi connectivity index (χ0v) is 12.3. The minimum atomic E-state index is -0.259. The van der Waals surface area contributed by atoms with Gasteiger partial charge in [-0.3, -0.25) is 9.47 Å². The van der Waals surface area contributed by atoms with E-state index in [2.05, 4.69) is 9.88 Å². The zero-order chi connectivity index (χ0) is 14.1. The van der Waals surface area contributed by atoms with Crippen molar-refractivity contribution in [3.05, 3.63) is 21.4 Å². The van der Waals surface area contributed by atoms with Crippen molar-refractivity contribution in [1.82, 2.24) is 14.5 Å². The highest BCUT2D eigenvalue weighted by Gasteiger charge is 2.14. The largest absolute Gasteiger partial charge is 0.383 e. The molecule has 7 heteroatoms. The van der Waals surface area contributed by atoms with Crippen LogP contribution in [0.3, 0.4) is 0 Å². The minimum absolute atomic E-state index is 0.259. The Balaban J connectivity index is 1.88. The van der Waals surface area contributed by atoms with Gasteiger partial charge in [-0.25, -0.2) is 4.79 Å². The van der Waals surface area contributed by atoms with Crippen LogP contribution in [0.4, 0.5) is 5.82 Å². The summed E-state index contributed by atoms with van der Waals surface area (Å²) in [5, 5.41) is 0.883. The van der Waals surface area contributed by atoms with E-state index in [1.165, 1.54) is 0 Å². The van der Waals surface area contributed by atoms with Gasteiger partial charge in [0.1, 0.15) is 10.6 Å². The third-order valence-corrected chi connectivity index (χ3v) is 4.62. The smallest absolute Gasteiger partial charge is 0.350 e. The molecule has 0 saturated carbocycles. The van der Waals surface area contributed by atoms with Crippen LogP contribution < -0.4 is 11.4 Å². The molecule has 2 N–H and O–H groups in total. The highest BCUT2D eigenvalue weighted by Crippen LogP contribution is 2.26. The second-order valence-electron chi connectivity index (χ2n) is 4.96. The van der Waals surface area contributed by atoms with Gasteiger partial charge in [-0.2, -0.15) is 4.98 Å². The van der Waals surface area contributed by atoms with Gasteiger partial charge >= 0.3 is 5.69 Å². The Labute approximate surface area is 120 Å². The molecule has 0 bridgehead atoms. The highest BCUT2D eigenvalue weighted by atomic mass is 32.1. The normalized spacial score (nSPS) is 16.9. The van der Waals surface area contributed by atoms with Gasteiger partial charge in [0.05, 0.1) is 18.6 Å². The van der Waals surface area contributed by atoms with Gasteiger partial charge in [0.2, 0.25) is 0 Å². The second-order valence-corrected chi connectivity index (χ2v) is 6.20. The summed E-state index contributed by atoms with van der Waals surface area (Å²) in [6.45, 7) is 6.86. The van der Waals surface area contributed by atoms with Crippen molar-refractivity contribution in [3.8, 4) is 0 Å². The first-order valence-corrected chi connectivity index (χ1v) is 7.53. The Bertz CT molecular complexity index is 673. The lowest BCUT2D eigenvalue weighted by Gasteiger charge is -2.26. The van der Waals surface area contributed by atoms with Crippen LogP contribution in [0, 0.1) is 6.92 Å². The third-order valence-electron chi connectivity index (χ3n) is 3.55. The molecule has 0 amide bonds. The number of hydrogen-bond donors (Lipinski definition) is 1. The van der Waals surface area contributed by atoms with Crippen LogP contribution in [0.1, 0.15) is 4.88 Å². The number of aromatic nitrogens is 2. The maximum Gasteiger partial charge on any atom is 0.350 e. The maximum atomic E-state index is 12.1. The van der Waals surface area contributed by atoms with E-state index in [9.17, 15) is 4.79 Å². The Morgan fingerprint density at radius 2 is 2.15 bits per heavy atom.